The lowest BCUT2D eigenvalue weighted by atomic mass is 10.1. The molecule has 1 aromatic heterocycles. The topological polar surface area (TPSA) is 24.9 Å². The maximum atomic E-state index is 4.21. The summed E-state index contributed by atoms with van der Waals surface area (Å²) >= 11 is 5.50. The summed E-state index contributed by atoms with van der Waals surface area (Å²) in [5, 5.41) is 3.55. The van der Waals surface area contributed by atoms with Crippen molar-refractivity contribution >= 4 is 27.7 Å². The molecule has 1 atom stereocenters. The molecule has 1 aromatic rings. The quantitative estimate of drug-likeness (QED) is 0.743. The minimum atomic E-state index is 0.549. The zero-order chi connectivity index (χ0) is 12.5. The van der Waals surface area contributed by atoms with Gasteiger partial charge in [-0.3, -0.25) is 4.98 Å². The predicted molar refractivity (Wildman–Crippen MR) is 80.7 cm³/mol. The Kier molecular flexibility index (Phi) is 7.90. The second-order valence-corrected chi connectivity index (χ2v) is 6.11. The van der Waals surface area contributed by atoms with Crippen LogP contribution in [0.1, 0.15) is 25.8 Å². The van der Waals surface area contributed by atoms with E-state index in [9.17, 15) is 0 Å². The lowest BCUT2D eigenvalue weighted by Crippen LogP contribution is -2.33. The molecule has 0 radical (unpaired) electrons. The first-order valence-electron chi connectivity index (χ1n) is 6.16. The largest absolute Gasteiger partial charge is 0.313 e. The number of likely N-dealkylation sites (N-methyl/N-ethyl adjacent to an activating group) is 1. The van der Waals surface area contributed by atoms with Gasteiger partial charge in [-0.05, 0) is 52.7 Å². The zero-order valence-corrected chi connectivity index (χ0v) is 13.0. The SMILES string of the molecule is CCCSCC(Cc1cncc(Br)c1)NCC. The van der Waals surface area contributed by atoms with Crippen molar-refractivity contribution in [3.05, 3.63) is 28.5 Å². The standard InChI is InChI=1S/C13H21BrN2S/c1-3-5-17-10-13(16-4-2)7-11-6-12(14)9-15-8-11/h6,8-9,13,16H,3-5,7,10H2,1-2H3. The molecule has 1 rings (SSSR count). The summed E-state index contributed by atoms with van der Waals surface area (Å²) in [4.78, 5) is 4.21. The Hall–Kier alpha value is -0.0600. The van der Waals surface area contributed by atoms with Gasteiger partial charge in [0.25, 0.3) is 0 Å². The zero-order valence-electron chi connectivity index (χ0n) is 10.6. The molecule has 0 fully saturated rings. The van der Waals surface area contributed by atoms with Crippen LogP contribution in [0.3, 0.4) is 0 Å². The molecule has 1 N–H and O–H groups in total. The Balaban J connectivity index is 2.47. The van der Waals surface area contributed by atoms with Gasteiger partial charge in [0.2, 0.25) is 0 Å². The molecule has 0 saturated heterocycles. The highest BCUT2D eigenvalue weighted by atomic mass is 79.9. The second kappa shape index (κ2) is 8.95. The molecule has 1 unspecified atom stereocenters. The first-order valence-corrected chi connectivity index (χ1v) is 8.11. The van der Waals surface area contributed by atoms with Gasteiger partial charge in [0, 0.05) is 28.7 Å². The summed E-state index contributed by atoms with van der Waals surface area (Å²) in [5.74, 6) is 2.42. The third kappa shape index (κ3) is 6.43. The number of halogens is 1. The number of pyridine rings is 1. The van der Waals surface area contributed by atoms with Crippen molar-refractivity contribution < 1.29 is 0 Å². The third-order valence-electron chi connectivity index (χ3n) is 2.40. The van der Waals surface area contributed by atoms with Crippen LogP contribution in [0.15, 0.2) is 22.9 Å². The number of hydrogen-bond acceptors (Lipinski definition) is 3. The van der Waals surface area contributed by atoms with Crippen LogP contribution in [0, 0.1) is 0 Å². The van der Waals surface area contributed by atoms with Gasteiger partial charge in [0.1, 0.15) is 0 Å². The monoisotopic (exact) mass is 316 g/mol. The van der Waals surface area contributed by atoms with Crippen molar-refractivity contribution in [2.24, 2.45) is 0 Å². The predicted octanol–water partition coefficient (Wildman–Crippen LogP) is 3.51. The van der Waals surface area contributed by atoms with E-state index in [0.717, 1.165) is 17.4 Å². The highest BCUT2D eigenvalue weighted by Crippen LogP contribution is 2.13. The summed E-state index contributed by atoms with van der Waals surface area (Å²) < 4.78 is 1.06. The van der Waals surface area contributed by atoms with Gasteiger partial charge in [-0.25, -0.2) is 0 Å². The molecule has 0 spiro atoms. The molecule has 1 heterocycles. The Labute approximate surface area is 117 Å². The molecule has 4 heteroatoms. The summed E-state index contributed by atoms with van der Waals surface area (Å²) in [5.41, 5.74) is 1.29. The van der Waals surface area contributed by atoms with E-state index in [1.807, 2.05) is 24.2 Å². The molecule has 17 heavy (non-hydrogen) atoms. The second-order valence-electron chi connectivity index (χ2n) is 4.05. The van der Waals surface area contributed by atoms with Crippen LogP contribution < -0.4 is 5.32 Å². The first-order chi connectivity index (χ1) is 8.26. The summed E-state index contributed by atoms with van der Waals surface area (Å²) in [6.45, 7) is 5.42. The molecule has 0 bridgehead atoms. The van der Waals surface area contributed by atoms with E-state index in [4.69, 9.17) is 0 Å². The van der Waals surface area contributed by atoms with Gasteiger partial charge in [-0.2, -0.15) is 11.8 Å². The highest BCUT2D eigenvalue weighted by Gasteiger charge is 2.08. The average Bonchev–Trinajstić information content (AvgIpc) is 2.29. The van der Waals surface area contributed by atoms with Gasteiger partial charge in [0.05, 0.1) is 0 Å². The van der Waals surface area contributed by atoms with Crippen molar-refractivity contribution in [1.82, 2.24) is 10.3 Å². The fourth-order valence-corrected chi connectivity index (χ4v) is 3.09. The maximum Gasteiger partial charge on any atom is 0.0410 e. The fourth-order valence-electron chi connectivity index (χ4n) is 1.70. The summed E-state index contributed by atoms with van der Waals surface area (Å²) in [6.07, 6.45) is 6.09. The fraction of sp³-hybridized carbons (Fsp3) is 0.615. The van der Waals surface area contributed by atoms with E-state index in [0.29, 0.717) is 6.04 Å². The van der Waals surface area contributed by atoms with Crippen molar-refractivity contribution in [2.45, 2.75) is 32.7 Å². The third-order valence-corrected chi connectivity index (χ3v) is 4.17. The number of nitrogens with zero attached hydrogens (tertiary/aromatic N) is 1. The van der Waals surface area contributed by atoms with Gasteiger partial charge < -0.3 is 5.32 Å². The van der Waals surface area contributed by atoms with Crippen molar-refractivity contribution in [1.29, 1.82) is 0 Å². The van der Waals surface area contributed by atoms with E-state index >= 15 is 0 Å². The van der Waals surface area contributed by atoms with Gasteiger partial charge >= 0.3 is 0 Å². The molecular formula is C13H21BrN2S. The Bertz CT molecular complexity index is 320. The molecule has 0 aliphatic rings. The Morgan fingerprint density at radius 1 is 1.41 bits per heavy atom. The summed E-state index contributed by atoms with van der Waals surface area (Å²) in [6, 6.07) is 2.70. The maximum absolute atomic E-state index is 4.21. The van der Waals surface area contributed by atoms with Gasteiger partial charge in [0.15, 0.2) is 0 Å². The number of rotatable bonds is 8. The molecule has 0 amide bonds. The number of hydrogen-bond donors (Lipinski definition) is 1. The smallest absolute Gasteiger partial charge is 0.0410 e. The van der Waals surface area contributed by atoms with Crippen molar-refractivity contribution in [3.8, 4) is 0 Å². The summed E-state index contributed by atoms with van der Waals surface area (Å²) in [7, 11) is 0. The number of nitrogens with one attached hydrogen (secondary N) is 1. The van der Waals surface area contributed by atoms with Crippen molar-refractivity contribution in [3.63, 3.8) is 0 Å². The van der Waals surface area contributed by atoms with E-state index in [-0.39, 0.29) is 0 Å². The molecular weight excluding hydrogens is 296 g/mol. The van der Waals surface area contributed by atoms with Crippen molar-refractivity contribution in [2.75, 3.05) is 18.1 Å². The average molecular weight is 317 g/mol. The van der Waals surface area contributed by atoms with E-state index in [1.54, 1.807) is 0 Å². The first kappa shape index (κ1) is 15.0. The molecule has 0 aliphatic heterocycles. The van der Waals surface area contributed by atoms with Gasteiger partial charge in [-0.15, -0.1) is 0 Å². The minimum Gasteiger partial charge on any atom is -0.313 e. The van der Waals surface area contributed by atoms with Crippen LogP contribution in [0.4, 0.5) is 0 Å². The van der Waals surface area contributed by atoms with E-state index < -0.39 is 0 Å². The van der Waals surface area contributed by atoms with E-state index in [2.05, 4.69) is 46.1 Å². The Morgan fingerprint density at radius 2 is 2.24 bits per heavy atom. The lowest BCUT2D eigenvalue weighted by Gasteiger charge is -2.17. The number of aromatic nitrogens is 1. The van der Waals surface area contributed by atoms with Crippen LogP contribution in [0.25, 0.3) is 0 Å². The molecule has 2 nitrogen and oxygen atoms in total. The molecule has 0 saturated carbocycles. The normalized spacial score (nSPS) is 12.6. The molecule has 0 aromatic carbocycles. The van der Waals surface area contributed by atoms with Crippen LogP contribution in [-0.2, 0) is 6.42 Å². The highest BCUT2D eigenvalue weighted by molar-refractivity contribution is 9.10. The number of thioether (sulfide) groups is 1. The van der Waals surface area contributed by atoms with Crippen LogP contribution in [0.2, 0.25) is 0 Å². The van der Waals surface area contributed by atoms with Crippen LogP contribution in [0.5, 0.6) is 0 Å². The van der Waals surface area contributed by atoms with Gasteiger partial charge in [-0.1, -0.05) is 13.8 Å². The Morgan fingerprint density at radius 3 is 2.88 bits per heavy atom. The minimum absolute atomic E-state index is 0.549. The van der Waals surface area contributed by atoms with Crippen LogP contribution in [-0.4, -0.2) is 29.1 Å². The molecule has 96 valence electrons. The lowest BCUT2D eigenvalue weighted by molar-refractivity contribution is 0.572. The van der Waals surface area contributed by atoms with Crippen LogP contribution >= 0.6 is 27.7 Å². The van der Waals surface area contributed by atoms with E-state index in [1.165, 1.54) is 23.5 Å². The molecule has 0 aliphatic carbocycles.